The number of hydrogen-bond acceptors (Lipinski definition) is 7. The molecule has 1 aromatic heterocycles. The highest BCUT2D eigenvalue weighted by molar-refractivity contribution is 8.01. The highest BCUT2D eigenvalue weighted by Gasteiger charge is 2.22. The summed E-state index contributed by atoms with van der Waals surface area (Å²) >= 11 is 2.76. The maximum absolute atomic E-state index is 13.9. The molecule has 1 aliphatic rings. The molecule has 1 unspecified atom stereocenters. The Balaban J connectivity index is 1.65. The van der Waals surface area contributed by atoms with E-state index in [9.17, 15) is 9.18 Å². The third-order valence-corrected chi connectivity index (χ3v) is 6.52. The van der Waals surface area contributed by atoms with Gasteiger partial charge >= 0.3 is 0 Å². The van der Waals surface area contributed by atoms with Crippen LogP contribution >= 0.6 is 23.1 Å². The lowest BCUT2D eigenvalue weighted by Crippen LogP contribution is -2.46. The summed E-state index contributed by atoms with van der Waals surface area (Å²) in [5.74, 6) is -0.127. The number of thioether (sulfide) groups is 1. The Bertz CT molecular complexity index is 750. The molecule has 2 heterocycles. The van der Waals surface area contributed by atoms with E-state index >= 15 is 0 Å². The SMILES string of the molecule is CCN1CCN(c2ccc(F)cc2C(C)NC(=O)CSc2nncs2)CC1. The second-order valence-corrected chi connectivity index (χ2v) is 8.46. The zero-order chi connectivity index (χ0) is 19.2. The highest BCUT2D eigenvalue weighted by atomic mass is 32.2. The summed E-state index contributed by atoms with van der Waals surface area (Å²) in [5.41, 5.74) is 3.45. The lowest BCUT2D eigenvalue weighted by Gasteiger charge is -2.37. The highest BCUT2D eigenvalue weighted by Crippen LogP contribution is 2.28. The van der Waals surface area contributed by atoms with Crippen molar-refractivity contribution in [3.8, 4) is 0 Å². The zero-order valence-corrected chi connectivity index (χ0v) is 17.2. The predicted octanol–water partition coefficient (Wildman–Crippen LogP) is 2.79. The summed E-state index contributed by atoms with van der Waals surface area (Å²) < 4.78 is 14.7. The fourth-order valence-corrected chi connectivity index (χ4v) is 4.48. The van der Waals surface area contributed by atoms with Gasteiger partial charge in [0.15, 0.2) is 4.34 Å². The fourth-order valence-electron chi connectivity index (χ4n) is 3.18. The number of benzene rings is 1. The van der Waals surface area contributed by atoms with Gasteiger partial charge in [0.2, 0.25) is 5.91 Å². The van der Waals surface area contributed by atoms with Gasteiger partial charge in [-0.1, -0.05) is 30.0 Å². The van der Waals surface area contributed by atoms with Crippen molar-refractivity contribution in [2.24, 2.45) is 0 Å². The predicted molar refractivity (Wildman–Crippen MR) is 108 cm³/mol. The number of carbonyl (C=O) groups excluding carboxylic acids is 1. The van der Waals surface area contributed by atoms with E-state index in [4.69, 9.17) is 0 Å². The number of nitrogens with one attached hydrogen (secondary N) is 1. The number of piperazine rings is 1. The summed E-state index contributed by atoms with van der Waals surface area (Å²) in [6, 6.07) is 4.57. The third-order valence-electron chi connectivity index (χ3n) is 4.66. The Hall–Kier alpha value is -1.71. The van der Waals surface area contributed by atoms with Crippen molar-refractivity contribution in [3.05, 3.63) is 35.1 Å². The van der Waals surface area contributed by atoms with E-state index in [2.05, 4.69) is 32.2 Å². The van der Waals surface area contributed by atoms with Gasteiger partial charge in [0.05, 0.1) is 11.8 Å². The van der Waals surface area contributed by atoms with Crippen LogP contribution < -0.4 is 10.2 Å². The van der Waals surface area contributed by atoms with E-state index in [1.54, 1.807) is 5.51 Å². The molecular formula is C18H24FN5OS2. The summed E-state index contributed by atoms with van der Waals surface area (Å²) in [4.78, 5) is 17.0. The van der Waals surface area contributed by atoms with Crippen LogP contribution in [0, 0.1) is 5.82 Å². The van der Waals surface area contributed by atoms with Crippen molar-refractivity contribution in [2.75, 3.05) is 43.4 Å². The first-order valence-corrected chi connectivity index (χ1v) is 10.9. The summed E-state index contributed by atoms with van der Waals surface area (Å²) in [6.07, 6.45) is 0. The molecule has 3 rings (SSSR count). The van der Waals surface area contributed by atoms with E-state index in [0.29, 0.717) is 0 Å². The Morgan fingerprint density at radius 2 is 2.15 bits per heavy atom. The first-order chi connectivity index (χ1) is 13.1. The van der Waals surface area contributed by atoms with Crippen molar-refractivity contribution < 1.29 is 9.18 Å². The van der Waals surface area contributed by atoms with Gasteiger partial charge in [-0.3, -0.25) is 4.79 Å². The molecule has 0 aliphatic carbocycles. The molecule has 2 aromatic rings. The number of nitrogens with zero attached hydrogens (tertiary/aromatic N) is 4. The first-order valence-electron chi connectivity index (χ1n) is 9.02. The molecular weight excluding hydrogens is 385 g/mol. The smallest absolute Gasteiger partial charge is 0.230 e. The van der Waals surface area contributed by atoms with Gasteiger partial charge in [-0.15, -0.1) is 10.2 Å². The van der Waals surface area contributed by atoms with Crippen LogP contribution in [0.2, 0.25) is 0 Å². The Labute approximate surface area is 167 Å². The number of anilines is 1. The Morgan fingerprint density at radius 1 is 1.37 bits per heavy atom. The number of amides is 1. The van der Waals surface area contributed by atoms with E-state index in [-0.39, 0.29) is 23.5 Å². The molecule has 0 saturated carbocycles. The van der Waals surface area contributed by atoms with Crippen molar-refractivity contribution in [1.29, 1.82) is 0 Å². The lowest BCUT2D eigenvalue weighted by molar-refractivity contribution is -0.119. The largest absolute Gasteiger partial charge is 0.369 e. The van der Waals surface area contributed by atoms with Crippen LogP contribution in [0.5, 0.6) is 0 Å². The molecule has 1 saturated heterocycles. The van der Waals surface area contributed by atoms with Crippen LogP contribution in [0.4, 0.5) is 10.1 Å². The minimum absolute atomic E-state index is 0.103. The van der Waals surface area contributed by atoms with E-state index in [1.807, 2.05) is 13.0 Å². The Morgan fingerprint density at radius 3 is 2.81 bits per heavy atom. The van der Waals surface area contributed by atoms with Gasteiger partial charge in [-0.05, 0) is 31.7 Å². The second-order valence-electron chi connectivity index (χ2n) is 6.41. The molecule has 6 nitrogen and oxygen atoms in total. The standard InChI is InChI=1S/C18H24FN5OS2/c1-3-23-6-8-24(9-7-23)16-5-4-14(19)10-15(16)13(2)21-17(25)11-26-18-22-20-12-27-18/h4-5,10,12-13H,3,6-9,11H2,1-2H3,(H,21,25). The number of halogens is 1. The molecule has 1 N–H and O–H groups in total. The van der Waals surface area contributed by atoms with Crippen LogP contribution in [-0.4, -0.2) is 59.5 Å². The van der Waals surface area contributed by atoms with Crippen LogP contribution in [0.1, 0.15) is 25.5 Å². The molecule has 27 heavy (non-hydrogen) atoms. The molecule has 1 aliphatic heterocycles. The monoisotopic (exact) mass is 409 g/mol. The molecule has 9 heteroatoms. The number of rotatable bonds is 7. The van der Waals surface area contributed by atoms with E-state index in [1.165, 1.54) is 35.2 Å². The zero-order valence-electron chi connectivity index (χ0n) is 15.5. The fraction of sp³-hybridized carbons (Fsp3) is 0.500. The topological polar surface area (TPSA) is 61.4 Å². The van der Waals surface area contributed by atoms with Gasteiger partial charge in [0.1, 0.15) is 11.3 Å². The summed E-state index contributed by atoms with van der Waals surface area (Å²) in [6.45, 7) is 8.90. The average Bonchev–Trinajstić information content (AvgIpc) is 3.20. The average molecular weight is 410 g/mol. The van der Waals surface area contributed by atoms with Crippen molar-refractivity contribution >= 4 is 34.7 Å². The maximum atomic E-state index is 13.9. The molecule has 146 valence electrons. The molecule has 0 bridgehead atoms. The van der Waals surface area contributed by atoms with Crippen molar-refractivity contribution in [1.82, 2.24) is 20.4 Å². The van der Waals surface area contributed by atoms with Crippen LogP contribution in [0.15, 0.2) is 28.0 Å². The van der Waals surface area contributed by atoms with Crippen LogP contribution in [-0.2, 0) is 4.79 Å². The minimum atomic E-state index is -0.287. The summed E-state index contributed by atoms with van der Waals surface area (Å²) in [7, 11) is 0. The number of hydrogen-bond donors (Lipinski definition) is 1. The van der Waals surface area contributed by atoms with E-state index < -0.39 is 0 Å². The van der Waals surface area contributed by atoms with Crippen LogP contribution in [0.25, 0.3) is 0 Å². The number of likely N-dealkylation sites (N-methyl/N-ethyl adjacent to an activating group) is 1. The van der Waals surface area contributed by atoms with Crippen molar-refractivity contribution in [3.63, 3.8) is 0 Å². The first kappa shape index (κ1) is 20.0. The Kier molecular flexibility index (Phi) is 7.03. The number of aromatic nitrogens is 2. The quantitative estimate of drug-likeness (QED) is 0.710. The molecule has 1 amide bonds. The number of carbonyl (C=O) groups is 1. The second kappa shape index (κ2) is 9.48. The van der Waals surface area contributed by atoms with Gasteiger partial charge < -0.3 is 15.1 Å². The summed E-state index contributed by atoms with van der Waals surface area (Å²) in [5, 5.41) is 10.7. The molecule has 1 aromatic carbocycles. The third kappa shape index (κ3) is 5.40. The van der Waals surface area contributed by atoms with Crippen molar-refractivity contribution in [2.45, 2.75) is 24.2 Å². The van der Waals surface area contributed by atoms with Gasteiger partial charge in [-0.2, -0.15) is 0 Å². The molecule has 1 atom stereocenters. The molecule has 0 spiro atoms. The minimum Gasteiger partial charge on any atom is -0.369 e. The normalized spacial score (nSPS) is 16.3. The van der Waals surface area contributed by atoms with Gasteiger partial charge in [0.25, 0.3) is 0 Å². The molecule has 0 radical (unpaired) electrons. The maximum Gasteiger partial charge on any atom is 0.230 e. The van der Waals surface area contributed by atoms with Crippen LogP contribution in [0.3, 0.4) is 0 Å². The molecule has 1 fully saturated rings. The van der Waals surface area contributed by atoms with Gasteiger partial charge in [-0.25, -0.2) is 4.39 Å². The van der Waals surface area contributed by atoms with Gasteiger partial charge in [0, 0.05) is 37.4 Å². The van der Waals surface area contributed by atoms with E-state index in [0.717, 1.165) is 48.3 Å². The lowest BCUT2D eigenvalue weighted by atomic mass is 10.0.